The number of carbonyl (C=O) groups excluding carboxylic acids is 1. The molecule has 2 rings (SSSR count). The minimum absolute atomic E-state index is 0.0333. The summed E-state index contributed by atoms with van der Waals surface area (Å²) in [5.41, 5.74) is 0.874. The molecule has 0 radical (unpaired) electrons. The Balaban J connectivity index is 1.78. The first-order valence-corrected chi connectivity index (χ1v) is 8.99. The van der Waals surface area contributed by atoms with Gasteiger partial charge in [0.1, 0.15) is 5.82 Å². The fraction of sp³-hybridized carbons (Fsp3) is 0.188. The predicted octanol–water partition coefficient (Wildman–Crippen LogP) is 2.12. The van der Waals surface area contributed by atoms with Gasteiger partial charge in [-0.2, -0.15) is 0 Å². The summed E-state index contributed by atoms with van der Waals surface area (Å²) in [4.78, 5) is 11.7. The van der Waals surface area contributed by atoms with E-state index in [2.05, 4.69) is 10.0 Å². The Kier molecular flexibility index (Phi) is 6.30. The third-order valence-corrected chi connectivity index (χ3v) is 4.86. The Morgan fingerprint density at radius 1 is 1.04 bits per heavy atom. The maximum atomic E-state index is 12.8. The van der Waals surface area contributed by atoms with E-state index in [9.17, 15) is 17.6 Å². The van der Waals surface area contributed by atoms with E-state index in [0.29, 0.717) is 18.0 Å². The number of benzene rings is 2. The zero-order chi connectivity index (χ0) is 17.6. The summed E-state index contributed by atoms with van der Waals surface area (Å²) >= 11 is 5.71. The maximum absolute atomic E-state index is 12.8. The minimum atomic E-state index is -3.77. The lowest BCUT2D eigenvalue weighted by molar-refractivity contribution is -0.119. The Morgan fingerprint density at radius 3 is 2.29 bits per heavy atom. The molecule has 0 aliphatic heterocycles. The van der Waals surface area contributed by atoms with Crippen LogP contribution < -0.4 is 10.0 Å². The van der Waals surface area contributed by atoms with Crippen molar-refractivity contribution in [1.82, 2.24) is 10.0 Å². The average molecular weight is 371 g/mol. The van der Waals surface area contributed by atoms with E-state index in [-0.39, 0.29) is 17.3 Å². The first kappa shape index (κ1) is 18.4. The van der Waals surface area contributed by atoms with Gasteiger partial charge in [-0.3, -0.25) is 4.79 Å². The molecule has 0 aromatic heterocycles. The van der Waals surface area contributed by atoms with Gasteiger partial charge in [0, 0.05) is 11.6 Å². The molecule has 2 N–H and O–H groups in total. The lowest BCUT2D eigenvalue weighted by Crippen LogP contribution is -2.37. The van der Waals surface area contributed by atoms with Gasteiger partial charge in [-0.05, 0) is 48.4 Å². The van der Waals surface area contributed by atoms with Gasteiger partial charge in [0.2, 0.25) is 15.9 Å². The van der Waals surface area contributed by atoms with Crippen LogP contribution in [0.15, 0.2) is 53.4 Å². The first-order valence-electron chi connectivity index (χ1n) is 7.13. The average Bonchev–Trinajstić information content (AvgIpc) is 2.55. The van der Waals surface area contributed by atoms with Gasteiger partial charge in [0.15, 0.2) is 0 Å². The molecule has 1 amide bonds. The summed E-state index contributed by atoms with van der Waals surface area (Å²) in [6.07, 6.45) is 0.524. The van der Waals surface area contributed by atoms with E-state index >= 15 is 0 Å². The molecular formula is C16H16ClFN2O3S. The summed E-state index contributed by atoms with van der Waals surface area (Å²) in [5, 5.41) is 3.02. The van der Waals surface area contributed by atoms with Gasteiger partial charge in [-0.1, -0.05) is 23.7 Å². The van der Waals surface area contributed by atoms with Crippen molar-refractivity contribution in [3.8, 4) is 0 Å². The Morgan fingerprint density at radius 2 is 1.67 bits per heavy atom. The number of sulfonamides is 1. The standard InChI is InChI=1S/C16H16ClFN2O3S/c17-13-3-7-15(8-4-13)24(22,23)20-11-16(21)19-10-9-12-1-5-14(18)6-2-12/h1-8,20H,9-11H2,(H,19,21). The van der Waals surface area contributed by atoms with Crippen LogP contribution in [0.25, 0.3) is 0 Å². The zero-order valence-corrected chi connectivity index (χ0v) is 14.2. The van der Waals surface area contributed by atoms with Gasteiger partial charge in [0.25, 0.3) is 0 Å². The van der Waals surface area contributed by atoms with Crippen molar-refractivity contribution >= 4 is 27.5 Å². The normalized spacial score (nSPS) is 11.2. The molecule has 128 valence electrons. The van der Waals surface area contributed by atoms with Crippen LogP contribution in [0.4, 0.5) is 4.39 Å². The van der Waals surface area contributed by atoms with Gasteiger partial charge in [0.05, 0.1) is 11.4 Å². The predicted molar refractivity (Wildman–Crippen MR) is 89.8 cm³/mol. The summed E-state index contributed by atoms with van der Waals surface area (Å²) in [5.74, 6) is -0.769. The van der Waals surface area contributed by atoms with E-state index in [4.69, 9.17) is 11.6 Å². The first-order chi connectivity index (χ1) is 11.4. The van der Waals surface area contributed by atoms with E-state index in [1.807, 2.05) is 0 Å². The highest BCUT2D eigenvalue weighted by molar-refractivity contribution is 7.89. The molecule has 0 aliphatic rings. The molecule has 0 fully saturated rings. The van der Waals surface area contributed by atoms with Crippen LogP contribution in [0, 0.1) is 5.82 Å². The second kappa shape index (κ2) is 8.23. The molecule has 2 aromatic carbocycles. The molecule has 0 saturated carbocycles. The quantitative estimate of drug-likeness (QED) is 0.783. The Hall–Kier alpha value is -1.96. The largest absolute Gasteiger partial charge is 0.355 e. The Bertz CT molecular complexity index is 793. The summed E-state index contributed by atoms with van der Waals surface area (Å²) in [6.45, 7) is -0.0402. The van der Waals surface area contributed by atoms with Crippen molar-refractivity contribution in [2.75, 3.05) is 13.1 Å². The highest BCUT2D eigenvalue weighted by Gasteiger charge is 2.15. The number of carbonyl (C=O) groups is 1. The number of hydrogen-bond donors (Lipinski definition) is 2. The van der Waals surface area contributed by atoms with Gasteiger partial charge < -0.3 is 5.32 Å². The third kappa shape index (κ3) is 5.59. The number of nitrogens with one attached hydrogen (secondary N) is 2. The Labute approximate surface area is 144 Å². The second-order valence-electron chi connectivity index (χ2n) is 5.00. The number of rotatable bonds is 7. The number of amides is 1. The third-order valence-electron chi connectivity index (χ3n) is 3.20. The fourth-order valence-corrected chi connectivity index (χ4v) is 3.03. The van der Waals surface area contributed by atoms with Crippen molar-refractivity contribution < 1.29 is 17.6 Å². The van der Waals surface area contributed by atoms with Crippen LogP contribution in [0.3, 0.4) is 0 Å². The van der Waals surface area contributed by atoms with Crippen LogP contribution in [0.2, 0.25) is 5.02 Å². The van der Waals surface area contributed by atoms with Crippen LogP contribution in [0.5, 0.6) is 0 Å². The van der Waals surface area contributed by atoms with Gasteiger partial charge in [-0.25, -0.2) is 17.5 Å². The monoisotopic (exact) mass is 370 g/mol. The second-order valence-corrected chi connectivity index (χ2v) is 7.21. The molecule has 0 spiro atoms. The van der Waals surface area contributed by atoms with E-state index < -0.39 is 15.9 Å². The lowest BCUT2D eigenvalue weighted by atomic mass is 10.1. The SMILES string of the molecule is O=C(CNS(=O)(=O)c1ccc(Cl)cc1)NCCc1ccc(F)cc1. The summed E-state index contributed by atoms with van der Waals surface area (Å²) < 4.78 is 39.0. The maximum Gasteiger partial charge on any atom is 0.241 e. The van der Waals surface area contributed by atoms with Crippen molar-refractivity contribution in [3.05, 3.63) is 64.9 Å². The van der Waals surface area contributed by atoms with Crippen molar-refractivity contribution in [2.24, 2.45) is 0 Å². The van der Waals surface area contributed by atoms with Crippen LogP contribution in [0.1, 0.15) is 5.56 Å². The van der Waals surface area contributed by atoms with Gasteiger partial charge in [-0.15, -0.1) is 0 Å². The van der Waals surface area contributed by atoms with Crippen molar-refractivity contribution in [1.29, 1.82) is 0 Å². The zero-order valence-electron chi connectivity index (χ0n) is 12.6. The van der Waals surface area contributed by atoms with E-state index in [1.54, 1.807) is 12.1 Å². The molecule has 0 saturated heterocycles. The summed E-state index contributed by atoms with van der Waals surface area (Å²) in [6, 6.07) is 11.6. The highest BCUT2D eigenvalue weighted by Crippen LogP contribution is 2.13. The molecule has 5 nitrogen and oxygen atoms in total. The fourth-order valence-electron chi connectivity index (χ4n) is 1.92. The smallest absolute Gasteiger partial charge is 0.241 e. The molecule has 8 heteroatoms. The molecule has 24 heavy (non-hydrogen) atoms. The van der Waals surface area contributed by atoms with Crippen molar-refractivity contribution in [3.63, 3.8) is 0 Å². The van der Waals surface area contributed by atoms with Crippen LogP contribution in [-0.2, 0) is 21.2 Å². The lowest BCUT2D eigenvalue weighted by Gasteiger charge is -2.08. The molecule has 0 atom stereocenters. The molecule has 0 heterocycles. The number of hydrogen-bond acceptors (Lipinski definition) is 3. The molecule has 2 aromatic rings. The molecule has 0 bridgehead atoms. The highest BCUT2D eigenvalue weighted by atomic mass is 35.5. The van der Waals surface area contributed by atoms with Gasteiger partial charge >= 0.3 is 0 Å². The molecule has 0 aliphatic carbocycles. The van der Waals surface area contributed by atoms with Crippen molar-refractivity contribution in [2.45, 2.75) is 11.3 Å². The molecular weight excluding hydrogens is 355 g/mol. The van der Waals surface area contributed by atoms with E-state index in [1.165, 1.54) is 36.4 Å². The van der Waals surface area contributed by atoms with E-state index in [0.717, 1.165) is 5.56 Å². The van der Waals surface area contributed by atoms with Crippen LogP contribution >= 0.6 is 11.6 Å². The van der Waals surface area contributed by atoms with Crippen LogP contribution in [-0.4, -0.2) is 27.4 Å². The number of halogens is 2. The molecule has 0 unspecified atom stereocenters. The minimum Gasteiger partial charge on any atom is -0.355 e. The topological polar surface area (TPSA) is 75.3 Å². The summed E-state index contributed by atoms with van der Waals surface area (Å²) in [7, 11) is -3.77.